The second-order valence-corrected chi connectivity index (χ2v) is 7.26. The molecule has 1 N–H and O–H groups in total. The Hall–Kier alpha value is -3.19. The molecule has 29 heavy (non-hydrogen) atoms. The average molecular weight is 411 g/mol. The minimum atomic E-state index is -0.248. The van der Waals surface area contributed by atoms with Crippen LogP contribution in [0, 0.1) is 0 Å². The fourth-order valence-electron chi connectivity index (χ4n) is 3.28. The van der Waals surface area contributed by atoms with Crippen molar-refractivity contribution < 1.29 is 14.0 Å². The smallest absolute Gasteiger partial charge is 0.270 e. The van der Waals surface area contributed by atoms with Gasteiger partial charge in [0.2, 0.25) is 0 Å². The lowest BCUT2D eigenvalue weighted by molar-refractivity contribution is 0.0697. The number of carbonyl (C=O) groups excluding carboxylic acids is 2. The average Bonchev–Trinajstić information content (AvgIpc) is 3.29. The summed E-state index contributed by atoms with van der Waals surface area (Å²) in [6.07, 6.45) is 5.87. The van der Waals surface area contributed by atoms with Gasteiger partial charge in [0, 0.05) is 35.9 Å². The molecule has 0 unspecified atom stereocenters. The molecular formula is C21H19ClN4O3. The quantitative estimate of drug-likeness (QED) is 0.711. The van der Waals surface area contributed by atoms with Gasteiger partial charge in [-0.05, 0) is 49.2 Å². The molecule has 0 spiro atoms. The number of likely N-dealkylation sites (tertiary alicyclic amines) is 1. The summed E-state index contributed by atoms with van der Waals surface area (Å²) >= 11 is 5.91. The van der Waals surface area contributed by atoms with Crippen molar-refractivity contribution in [2.24, 2.45) is 0 Å². The Kier molecular flexibility index (Phi) is 5.57. The first-order valence-electron chi connectivity index (χ1n) is 9.31. The van der Waals surface area contributed by atoms with E-state index in [2.05, 4.69) is 15.3 Å². The topological polar surface area (TPSA) is 88.3 Å². The highest BCUT2D eigenvalue weighted by molar-refractivity contribution is 6.30. The highest BCUT2D eigenvalue weighted by atomic mass is 35.5. The number of hydrogen-bond acceptors (Lipinski definition) is 5. The molecule has 0 bridgehead atoms. The number of amides is 2. The second kappa shape index (κ2) is 8.45. The van der Waals surface area contributed by atoms with Gasteiger partial charge in [-0.25, -0.2) is 9.97 Å². The standard InChI is InChI=1S/C21H19ClN4O3/c22-16-3-1-14(2-4-16)19-23-9-5-18(25-19)20(27)24-17-6-10-26(11-7-17)21(28)15-8-12-29-13-15/h1-5,8-9,12-13,17H,6-7,10-11H2,(H,24,27). The maximum absolute atomic E-state index is 12.6. The number of rotatable bonds is 4. The Bertz CT molecular complexity index is 997. The van der Waals surface area contributed by atoms with Crippen LogP contribution in [0.15, 0.2) is 59.5 Å². The third-order valence-corrected chi connectivity index (χ3v) is 5.13. The molecule has 1 aromatic carbocycles. The number of hydrogen-bond donors (Lipinski definition) is 1. The molecule has 0 atom stereocenters. The van der Waals surface area contributed by atoms with Crippen LogP contribution in [0.1, 0.15) is 33.7 Å². The van der Waals surface area contributed by atoms with Gasteiger partial charge in [0.25, 0.3) is 11.8 Å². The summed E-state index contributed by atoms with van der Waals surface area (Å²) in [6.45, 7) is 1.16. The molecule has 3 heterocycles. The van der Waals surface area contributed by atoms with Crippen molar-refractivity contribution in [1.29, 1.82) is 0 Å². The van der Waals surface area contributed by atoms with E-state index in [0.29, 0.717) is 48.0 Å². The Morgan fingerprint density at radius 1 is 1.10 bits per heavy atom. The molecule has 2 aromatic heterocycles. The van der Waals surface area contributed by atoms with Gasteiger partial charge in [0.05, 0.1) is 11.8 Å². The molecule has 148 valence electrons. The van der Waals surface area contributed by atoms with Gasteiger partial charge in [-0.15, -0.1) is 0 Å². The van der Waals surface area contributed by atoms with E-state index in [1.165, 1.54) is 12.5 Å². The second-order valence-electron chi connectivity index (χ2n) is 6.82. The summed E-state index contributed by atoms with van der Waals surface area (Å²) in [4.78, 5) is 35.4. The predicted octanol–water partition coefficient (Wildman–Crippen LogP) is 3.42. The van der Waals surface area contributed by atoms with Crippen LogP contribution in [-0.4, -0.2) is 45.8 Å². The van der Waals surface area contributed by atoms with Crippen molar-refractivity contribution in [3.63, 3.8) is 0 Å². The lowest BCUT2D eigenvalue weighted by atomic mass is 10.0. The van der Waals surface area contributed by atoms with E-state index < -0.39 is 0 Å². The molecule has 0 aliphatic carbocycles. The number of halogens is 1. The van der Waals surface area contributed by atoms with Crippen LogP contribution in [0.4, 0.5) is 0 Å². The summed E-state index contributed by atoms with van der Waals surface area (Å²) in [5, 5.41) is 3.64. The molecule has 4 rings (SSSR count). The molecule has 2 amide bonds. The first kappa shape index (κ1) is 19.1. The number of piperidine rings is 1. The van der Waals surface area contributed by atoms with E-state index >= 15 is 0 Å². The number of aromatic nitrogens is 2. The molecule has 3 aromatic rings. The van der Waals surface area contributed by atoms with E-state index in [0.717, 1.165) is 5.56 Å². The Balaban J connectivity index is 1.36. The molecule has 7 nitrogen and oxygen atoms in total. The minimum absolute atomic E-state index is 0.00940. The normalized spacial score (nSPS) is 14.6. The molecule has 0 radical (unpaired) electrons. The van der Waals surface area contributed by atoms with Crippen LogP contribution in [0.3, 0.4) is 0 Å². The number of nitrogens with one attached hydrogen (secondary N) is 1. The molecule has 1 aliphatic heterocycles. The fourth-order valence-corrected chi connectivity index (χ4v) is 3.40. The van der Waals surface area contributed by atoms with Crippen molar-refractivity contribution in [3.8, 4) is 11.4 Å². The Labute approximate surface area is 172 Å². The SMILES string of the molecule is O=C(NC1CCN(C(=O)c2ccoc2)CC1)c1ccnc(-c2ccc(Cl)cc2)n1. The Morgan fingerprint density at radius 3 is 2.55 bits per heavy atom. The van der Waals surface area contributed by atoms with E-state index in [1.807, 2.05) is 12.1 Å². The molecule has 8 heteroatoms. The van der Waals surface area contributed by atoms with Gasteiger partial charge in [-0.1, -0.05) is 11.6 Å². The van der Waals surface area contributed by atoms with Gasteiger partial charge in [-0.2, -0.15) is 0 Å². The van der Waals surface area contributed by atoms with Crippen LogP contribution in [0.25, 0.3) is 11.4 Å². The monoisotopic (exact) mass is 410 g/mol. The number of carbonyl (C=O) groups is 2. The molecule has 0 saturated carbocycles. The zero-order valence-corrected chi connectivity index (χ0v) is 16.3. The van der Waals surface area contributed by atoms with Crippen molar-refractivity contribution in [1.82, 2.24) is 20.2 Å². The van der Waals surface area contributed by atoms with Crippen molar-refractivity contribution in [2.45, 2.75) is 18.9 Å². The van der Waals surface area contributed by atoms with Crippen LogP contribution >= 0.6 is 11.6 Å². The van der Waals surface area contributed by atoms with E-state index in [-0.39, 0.29) is 17.9 Å². The van der Waals surface area contributed by atoms with Crippen LogP contribution in [0.2, 0.25) is 5.02 Å². The Morgan fingerprint density at radius 2 is 1.86 bits per heavy atom. The zero-order chi connectivity index (χ0) is 20.2. The molecule has 1 fully saturated rings. The number of benzene rings is 1. The first-order valence-corrected chi connectivity index (χ1v) is 9.69. The minimum Gasteiger partial charge on any atom is -0.472 e. The third kappa shape index (κ3) is 4.46. The van der Waals surface area contributed by atoms with Gasteiger partial charge in [0.15, 0.2) is 5.82 Å². The summed E-state index contributed by atoms with van der Waals surface area (Å²) in [6, 6.07) is 10.4. The van der Waals surface area contributed by atoms with Crippen molar-refractivity contribution >= 4 is 23.4 Å². The summed E-state index contributed by atoms with van der Waals surface area (Å²) in [7, 11) is 0. The highest BCUT2D eigenvalue weighted by Gasteiger charge is 2.25. The molecule has 1 saturated heterocycles. The number of furan rings is 1. The summed E-state index contributed by atoms with van der Waals surface area (Å²) in [5.41, 5.74) is 1.64. The summed E-state index contributed by atoms with van der Waals surface area (Å²) < 4.78 is 4.97. The van der Waals surface area contributed by atoms with Crippen LogP contribution in [-0.2, 0) is 0 Å². The summed E-state index contributed by atoms with van der Waals surface area (Å²) in [5.74, 6) is 0.170. The maximum atomic E-state index is 12.6. The fraction of sp³-hybridized carbons (Fsp3) is 0.238. The molecular weight excluding hydrogens is 392 g/mol. The highest BCUT2D eigenvalue weighted by Crippen LogP contribution is 2.18. The van der Waals surface area contributed by atoms with Gasteiger partial charge in [-0.3, -0.25) is 9.59 Å². The van der Waals surface area contributed by atoms with E-state index in [4.69, 9.17) is 16.0 Å². The maximum Gasteiger partial charge on any atom is 0.270 e. The van der Waals surface area contributed by atoms with E-state index in [1.54, 1.807) is 35.4 Å². The third-order valence-electron chi connectivity index (χ3n) is 4.88. The molecule has 1 aliphatic rings. The van der Waals surface area contributed by atoms with Crippen molar-refractivity contribution in [3.05, 3.63) is 71.4 Å². The van der Waals surface area contributed by atoms with Crippen LogP contribution < -0.4 is 5.32 Å². The van der Waals surface area contributed by atoms with E-state index in [9.17, 15) is 9.59 Å². The lowest BCUT2D eigenvalue weighted by Gasteiger charge is -2.32. The largest absolute Gasteiger partial charge is 0.472 e. The lowest BCUT2D eigenvalue weighted by Crippen LogP contribution is -2.46. The predicted molar refractivity (Wildman–Crippen MR) is 108 cm³/mol. The van der Waals surface area contributed by atoms with Crippen LogP contribution in [0.5, 0.6) is 0 Å². The number of nitrogens with zero attached hydrogens (tertiary/aromatic N) is 3. The van der Waals surface area contributed by atoms with Crippen molar-refractivity contribution in [2.75, 3.05) is 13.1 Å². The zero-order valence-electron chi connectivity index (χ0n) is 15.5. The van der Waals surface area contributed by atoms with Gasteiger partial charge in [0.1, 0.15) is 12.0 Å². The first-order chi connectivity index (χ1) is 14.1. The van der Waals surface area contributed by atoms with Gasteiger partial charge >= 0.3 is 0 Å². The van der Waals surface area contributed by atoms with Gasteiger partial charge < -0.3 is 14.6 Å².